The van der Waals surface area contributed by atoms with Crippen LogP contribution in [0.15, 0.2) is 114 Å². The zero-order valence-corrected chi connectivity index (χ0v) is 19.3. The summed E-state index contributed by atoms with van der Waals surface area (Å²) >= 11 is 0. The molecular weight excluding hydrogens is 412 g/mol. The highest BCUT2D eigenvalue weighted by Gasteiger charge is 2.35. The van der Waals surface area contributed by atoms with Gasteiger partial charge in [0.15, 0.2) is 0 Å². The SMILES string of the molecule is CC1(C)c2ccccc2-c2cc(-c3cccc(-c4cccc5c4oc4ccccc45)c3)ccc21. The second kappa shape index (κ2) is 6.95. The number of para-hydroxylation sites is 2. The molecule has 0 unspecified atom stereocenters. The fraction of sp³-hybridized carbons (Fsp3) is 0.0909. The van der Waals surface area contributed by atoms with Gasteiger partial charge in [-0.25, -0.2) is 0 Å². The Bertz CT molecular complexity index is 1730. The first kappa shape index (κ1) is 19.4. The average molecular weight is 437 g/mol. The summed E-state index contributed by atoms with van der Waals surface area (Å²) in [6.07, 6.45) is 0. The van der Waals surface area contributed by atoms with E-state index < -0.39 is 0 Å². The predicted octanol–water partition coefficient (Wildman–Crippen LogP) is 9.23. The molecule has 6 aromatic rings. The molecule has 0 N–H and O–H groups in total. The molecule has 1 aliphatic carbocycles. The molecule has 34 heavy (non-hydrogen) atoms. The Kier molecular flexibility index (Phi) is 3.96. The Labute approximate surface area is 199 Å². The van der Waals surface area contributed by atoms with Crippen LogP contribution in [0, 0.1) is 0 Å². The van der Waals surface area contributed by atoms with E-state index in [1.807, 2.05) is 12.1 Å². The van der Waals surface area contributed by atoms with Crippen LogP contribution in [0.1, 0.15) is 25.0 Å². The van der Waals surface area contributed by atoms with Gasteiger partial charge in [0.2, 0.25) is 0 Å². The van der Waals surface area contributed by atoms with E-state index in [0.717, 1.165) is 27.5 Å². The molecule has 0 fully saturated rings. The second-order valence-electron chi connectivity index (χ2n) is 9.79. The maximum Gasteiger partial charge on any atom is 0.143 e. The van der Waals surface area contributed by atoms with Crippen LogP contribution in [0.2, 0.25) is 0 Å². The zero-order chi connectivity index (χ0) is 22.9. The first-order valence-corrected chi connectivity index (χ1v) is 11.9. The number of benzene rings is 5. The fourth-order valence-corrected chi connectivity index (χ4v) is 5.74. The molecule has 162 valence electrons. The van der Waals surface area contributed by atoms with Gasteiger partial charge in [0.25, 0.3) is 0 Å². The minimum Gasteiger partial charge on any atom is -0.455 e. The Morgan fingerprint density at radius 3 is 2.12 bits per heavy atom. The van der Waals surface area contributed by atoms with E-state index in [0.29, 0.717) is 0 Å². The van der Waals surface area contributed by atoms with Crippen molar-refractivity contribution < 1.29 is 4.42 Å². The van der Waals surface area contributed by atoms with E-state index in [9.17, 15) is 0 Å². The minimum atomic E-state index is 0.0310. The summed E-state index contributed by atoms with van der Waals surface area (Å²) in [4.78, 5) is 0. The smallest absolute Gasteiger partial charge is 0.143 e. The first-order valence-electron chi connectivity index (χ1n) is 11.9. The molecule has 1 aliphatic rings. The third-order valence-corrected chi connectivity index (χ3v) is 7.49. The highest BCUT2D eigenvalue weighted by Crippen LogP contribution is 2.49. The van der Waals surface area contributed by atoms with Crippen LogP contribution in [0.5, 0.6) is 0 Å². The molecule has 0 spiro atoms. The normalized spacial score (nSPS) is 13.8. The number of hydrogen-bond donors (Lipinski definition) is 0. The van der Waals surface area contributed by atoms with Crippen LogP contribution < -0.4 is 0 Å². The second-order valence-corrected chi connectivity index (χ2v) is 9.79. The quantitative estimate of drug-likeness (QED) is 0.264. The van der Waals surface area contributed by atoms with Gasteiger partial charge in [-0.2, -0.15) is 0 Å². The summed E-state index contributed by atoms with van der Waals surface area (Å²) in [7, 11) is 0. The zero-order valence-electron chi connectivity index (χ0n) is 19.3. The first-order chi connectivity index (χ1) is 16.6. The topological polar surface area (TPSA) is 13.1 Å². The molecule has 0 radical (unpaired) electrons. The van der Waals surface area contributed by atoms with E-state index in [1.165, 1.54) is 38.9 Å². The number of hydrogen-bond acceptors (Lipinski definition) is 1. The molecule has 1 heterocycles. The maximum absolute atomic E-state index is 6.31. The van der Waals surface area contributed by atoms with Gasteiger partial charge in [-0.15, -0.1) is 0 Å². The number of fused-ring (bicyclic) bond motifs is 6. The van der Waals surface area contributed by atoms with E-state index in [1.54, 1.807) is 0 Å². The van der Waals surface area contributed by atoms with Crippen molar-refractivity contribution in [2.24, 2.45) is 0 Å². The highest BCUT2D eigenvalue weighted by atomic mass is 16.3. The van der Waals surface area contributed by atoms with Gasteiger partial charge in [0.05, 0.1) is 0 Å². The molecule has 0 atom stereocenters. The number of rotatable bonds is 2. The van der Waals surface area contributed by atoms with Crippen molar-refractivity contribution in [1.29, 1.82) is 0 Å². The third kappa shape index (κ3) is 2.67. The summed E-state index contributed by atoms with van der Waals surface area (Å²) in [5.41, 5.74) is 12.2. The van der Waals surface area contributed by atoms with Crippen molar-refractivity contribution in [2.75, 3.05) is 0 Å². The van der Waals surface area contributed by atoms with Crippen LogP contribution in [-0.4, -0.2) is 0 Å². The van der Waals surface area contributed by atoms with E-state index >= 15 is 0 Å². The van der Waals surface area contributed by atoms with E-state index in [-0.39, 0.29) is 5.41 Å². The summed E-state index contributed by atoms with van der Waals surface area (Å²) in [5, 5.41) is 2.32. The van der Waals surface area contributed by atoms with Gasteiger partial charge in [0.1, 0.15) is 11.2 Å². The molecule has 0 saturated heterocycles. The lowest BCUT2D eigenvalue weighted by Crippen LogP contribution is -2.14. The van der Waals surface area contributed by atoms with Crippen LogP contribution in [0.3, 0.4) is 0 Å². The van der Waals surface area contributed by atoms with Gasteiger partial charge < -0.3 is 4.42 Å². The maximum atomic E-state index is 6.31. The molecular formula is C33H24O. The van der Waals surface area contributed by atoms with Crippen molar-refractivity contribution in [3.8, 4) is 33.4 Å². The molecule has 0 saturated carbocycles. The van der Waals surface area contributed by atoms with Gasteiger partial charge in [0, 0.05) is 21.8 Å². The molecule has 1 aromatic heterocycles. The van der Waals surface area contributed by atoms with Crippen LogP contribution >= 0.6 is 0 Å². The molecule has 1 nitrogen and oxygen atoms in total. The van der Waals surface area contributed by atoms with Crippen LogP contribution in [0.25, 0.3) is 55.3 Å². The monoisotopic (exact) mass is 436 g/mol. The average Bonchev–Trinajstić information content (AvgIpc) is 3.37. The van der Waals surface area contributed by atoms with Crippen molar-refractivity contribution in [2.45, 2.75) is 19.3 Å². The van der Waals surface area contributed by atoms with Crippen molar-refractivity contribution >= 4 is 21.9 Å². The molecule has 0 aliphatic heterocycles. The standard InChI is InChI=1S/C33H24O/c1-33(2)29-15-5-3-11-25(29)28-20-22(17-18-30(28)33)21-9-7-10-23(19-21)24-13-8-14-27-26-12-4-6-16-31(26)34-32(24)27/h3-20H,1-2H3. The fourth-order valence-electron chi connectivity index (χ4n) is 5.74. The molecule has 0 bridgehead atoms. The molecule has 7 rings (SSSR count). The third-order valence-electron chi connectivity index (χ3n) is 7.49. The summed E-state index contributed by atoms with van der Waals surface area (Å²) < 4.78 is 6.31. The lowest BCUT2D eigenvalue weighted by atomic mass is 9.82. The lowest BCUT2D eigenvalue weighted by molar-refractivity contribution is 0.660. The largest absolute Gasteiger partial charge is 0.455 e. The van der Waals surface area contributed by atoms with Crippen LogP contribution in [-0.2, 0) is 5.41 Å². The van der Waals surface area contributed by atoms with Gasteiger partial charge in [-0.1, -0.05) is 105 Å². The lowest BCUT2D eigenvalue weighted by Gasteiger charge is -2.21. The van der Waals surface area contributed by atoms with E-state index in [2.05, 4.69) is 111 Å². The van der Waals surface area contributed by atoms with Crippen molar-refractivity contribution in [1.82, 2.24) is 0 Å². The summed E-state index contributed by atoms with van der Waals surface area (Å²) in [5.74, 6) is 0. The Hall–Kier alpha value is -4.10. The Balaban J connectivity index is 1.38. The van der Waals surface area contributed by atoms with Crippen LogP contribution in [0.4, 0.5) is 0 Å². The van der Waals surface area contributed by atoms with Crippen molar-refractivity contribution in [3.05, 3.63) is 120 Å². The van der Waals surface area contributed by atoms with Gasteiger partial charge in [-0.3, -0.25) is 0 Å². The summed E-state index contributed by atoms with van der Waals surface area (Å²) in [6.45, 7) is 4.65. The van der Waals surface area contributed by atoms with E-state index in [4.69, 9.17) is 4.42 Å². The van der Waals surface area contributed by atoms with Gasteiger partial charge in [-0.05, 0) is 57.1 Å². The highest BCUT2D eigenvalue weighted by molar-refractivity contribution is 6.09. The number of furan rings is 1. The predicted molar refractivity (Wildman–Crippen MR) is 142 cm³/mol. The molecule has 1 heteroatoms. The van der Waals surface area contributed by atoms with Gasteiger partial charge >= 0.3 is 0 Å². The van der Waals surface area contributed by atoms with Crippen molar-refractivity contribution in [3.63, 3.8) is 0 Å². The Morgan fingerprint density at radius 2 is 1.18 bits per heavy atom. The molecule has 5 aromatic carbocycles. The minimum absolute atomic E-state index is 0.0310. The molecule has 0 amide bonds. The summed E-state index contributed by atoms with van der Waals surface area (Å²) in [6, 6.07) is 39.3. The Morgan fingerprint density at radius 1 is 0.500 bits per heavy atom.